The molecule has 16 heavy (non-hydrogen) atoms. The van der Waals surface area contributed by atoms with Gasteiger partial charge >= 0.3 is 0 Å². The monoisotopic (exact) mass is 279 g/mol. The van der Waals surface area contributed by atoms with Crippen LogP contribution in [0.4, 0.5) is 0 Å². The van der Waals surface area contributed by atoms with Crippen molar-refractivity contribution in [3.05, 3.63) is 40.3 Å². The molecule has 3 nitrogen and oxygen atoms in total. The molecule has 1 aromatic heterocycles. The Morgan fingerprint density at radius 2 is 1.94 bits per heavy atom. The van der Waals surface area contributed by atoms with Crippen molar-refractivity contribution in [3.8, 4) is 11.3 Å². The van der Waals surface area contributed by atoms with Crippen LogP contribution in [0.15, 0.2) is 28.7 Å². The molecule has 2 rings (SSSR count). The molecule has 0 unspecified atom stereocenters. The summed E-state index contributed by atoms with van der Waals surface area (Å²) >= 11 is 3.43. The molecule has 1 heterocycles. The predicted molar refractivity (Wildman–Crippen MR) is 69.0 cm³/mol. The Bertz CT molecular complexity index is 500. The Balaban J connectivity index is 2.55. The van der Waals surface area contributed by atoms with E-state index < -0.39 is 0 Å². The first-order valence-corrected chi connectivity index (χ1v) is 5.91. The number of benzene rings is 1. The zero-order valence-corrected chi connectivity index (χ0v) is 11.0. The van der Waals surface area contributed by atoms with Gasteiger partial charge in [0.1, 0.15) is 5.82 Å². The van der Waals surface area contributed by atoms with E-state index in [4.69, 9.17) is 5.73 Å². The molecule has 0 aliphatic heterocycles. The highest BCUT2D eigenvalue weighted by Crippen LogP contribution is 2.25. The van der Waals surface area contributed by atoms with E-state index in [-0.39, 0.29) is 0 Å². The molecule has 1 aromatic carbocycles. The number of nitrogens with two attached hydrogens (primary N) is 1. The number of imidazole rings is 1. The van der Waals surface area contributed by atoms with Crippen LogP contribution in [0.2, 0.25) is 0 Å². The van der Waals surface area contributed by atoms with Crippen molar-refractivity contribution in [1.29, 1.82) is 0 Å². The van der Waals surface area contributed by atoms with Gasteiger partial charge in [0.05, 0.1) is 17.9 Å². The van der Waals surface area contributed by atoms with Gasteiger partial charge in [-0.1, -0.05) is 28.1 Å². The summed E-state index contributed by atoms with van der Waals surface area (Å²) in [6.07, 6.45) is 0. The lowest BCUT2D eigenvalue weighted by Gasteiger charge is -2.05. The van der Waals surface area contributed by atoms with Crippen molar-refractivity contribution >= 4 is 15.9 Å². The molecule has 84 valence electrons. The zero-order valence-electron chi connectivity index (χ0n) is 9.37. The van der Waals surface area contributed by atoms with E-state index in [0.717, 1.165) is 27.2 Å². The van der Waals surface area contributed by atoms with Crippen molar-refractivity contribution in [1.82, 2.24) is 9.55 Å². The third-order valence-corrected chi connectivity index (χ3v) is 3.19. The maximum atomic E-state index is 5.64. The summed E-state index contributed by atoms with van der Waals surface area (Å²) in [5.41, 5.74) is 8.96. The van der Waals surface area contributed by atoms with Crippen LogP contribution >= 0.6 is 15.9 Å². The van der Waals surface area contributed by atoms with Crippen molar-refractivity contribution in [2.45, 2.75) is 13.5 Å². The first-order valence-electron chi connectivity index (χ1n) is 5.11. The molecule has 2 N–H and O–H groups in total. The van der Waals surface area contributed by atoms with E-state index in [1.807, 2.05) is 26.1 Å². The Kier molecular flexibility index (Phi) is 3.12. The van der Waals surface area contributed by atoms with Gasteiger partial charge in [0.15, 0.2) is 0 Å². The summed E-state index contributed by atoms with van der Waals surface area (Å²) in [6.45, 7) is 2.48. The number of aryl methyl sites for hydroxylation is 1. The molecule has 0 aliphatic rings. The average Bonchev–Trinajstić information content (AvgIpc) is 2.56. The predicted octanol–water partition coefficient (Wildman–Crippen LogP) is 2.62. The van der Waals surface area contributed by atoms with Crippen LogP contribution in [0, 0.1) is 6.92 Å². The first-order chi connectivity index (χ1) is 7.63. The van der Waals surface area contributed by atoms with Crippen LogP contribution in [-0.2, 0) is 13.6 Å². The third-order valence-electron chi connectivity index (χ3n) is 2.66. The SMILES string of the molecule is Cc1nc(CN)n(C)c1-c1ccc(Br)cc1. The van der Waals surface area contributed by atoms with Crippen LogP contribution in [0.25, 0.3) is 11.3 Å². The van der Waals surface area contributed by atoms with Gasteiger partial charge in [0.25, 0.3) is 0 Å². The molecule has 0 amide bonds. The molecule has 0 bridgehead atoms. The van der Waals surface area contributed by atoms with Gasteiger partial charge in [-0.15, -0.1) is 0 Å². The standard InChI is InChI=1S/C12H14BrN3/c1-8-12(16(2)11(7-14)15-8)9-3-5-10(13)6-4-9/h3-6H,7,14H2,1-2H3. The molecule has 0 fully saturated rings. The molecule has 0 radical (unpaired) electrons. The van der Waals surface area contributed by atoms with Crippen LogP contribution in [0.1, 0.15) is 11.5 Å². The quantitative estimate of drug-likeness (QED) is 0.919. The molecule has 0 spiro atoms. The maximum Gasteiger partial charge on any atom is 0.122 e. The van der Waals surface area contributed by atoms with Gasteiger partial charge in [-0.05, 0) is 19.1 Å². The molecule has 0 saturated heterocycles. The molecule has 0 aliphatic carbocycles. The van der Waals surface area contributed by atoms with Crippen molar-refractivity contribution in [2.24, 2.45) is 12.8 Å². The van der Waals surface area contributed by atoms with Crippen LogP contribution in [0.5, 0.6) is 0 Å². The largest absolute Gasteiger partial charge is 0.330 e. The fourth-order valence-electron chi connectivity index (χ4n) is 1.89. The summed E-state index contributed by atoms with van der Waals surface area (Å²) in [5.74, 6) is 0.912. The number of hydrogen-bond donors (Lipinski definition) is 1. The van der Waals surface area contributed by atoms with Gasteiger partial charge in [-0.25, -0.2) is 4.98 Å². The summed E-state index contributed by atoms with van der Waals surface area (Å²) in [7, 11) is 2.00. The highest BCUT2D eigenvalue weighted by Gasteiger charge is 2.11. The lowest BCUT2D eigenvalue weighted by molar-refractivity contribution is 0.798. The second kappa shape index (κ2) is 4.39. The van der Waals surface area contributed by atoms with Crippen molar-refractivity contribution < 1.29 is 0 Å². The lowest BCUT2D eigenvalue weighted by atomic mass is 10.1. The first kappa shape index (κ1) is 11.4. The second-order valence-corrected chi connectivity index (χ2v) is 4.65. The van der Waals surface area contributed by atoms with E-state index in [1.54, 1.807) is 0 Å². The lowest BCUT2D eigenvalue weighted by Crippen LogP contribution is -2.05. The van der Waals surface area contributed by atoms with Gasteiger partial charge in [0.2, 0.25) is 0 Å². The minimum Gasteiger partial charge on any atom is -0.330 e. The Morgan fingerprint density at radius 3 is 2.44 bits per heavy atom. The van der Waals surface area contributed by atoms with E-state index >= 15 is 0 Å². The molecular weight excluding hydrogens is 266 g/mol. The van der Waals surface area contributed by atoms with E-state index in [0.29, 0.717) is 6.54 Å². The van der Waals surface area contributed by atoms with Gasteiger partial charge in [-0.2, -0.15) is 0 Å². The summed E-state index contributed by atoms with van der Waals surface area (Å²) in [5, 5.41) is 0. The Labute approximate surface area is 103 Å². The number of halogens is 1. The molecule has 0 atom stereocenters. The second-order valence-electron chi connectivity index (χ2n) is 3.73. The number of hydrogen-bond acceptors (Lipinski definition) is 2. The van der Waals surface area contributed by atoms with Gasteiger partial charge in [-0.3, -0.25) is 0 Å². The molecule has 0 saturated carbocycles. The summed E-state index contributed by atoms with van der Waals surface area (Å²) in [4.78, 5) is 4.45. The highest BCUT2D eigenvalue weighted by atomic mass is 79.9. The smallest absolute Gasteiger partial charge is 0.122 e. The fourth-order valence-corrected chi connectivity index (χ4v) is 2.15. The van der Waals surface area contributed by atoms with Crippen LogP contribution in [0.3, 0.4) is 0 Å². The fraction of sp³-hybridized carbons (Fsp3) is 0.250. The molecule has 2 aromatic rings. The van der Waals surface area contributed by atoms with Crippen molar-refractivity contribution in [2.75, 3.05) is 0 Å². The number of nitrogens with zero attached hydrogens (tertiary/aromatic N) is 2. The van der Waals surface area contributed by atoms with E-state index in [1.165, 1.54) is 0 Å². The molecule has 4 heteroatoms. The third kappa shape index (κ3) is 1.90. The molecular formula is C12H14BrN3. The zero-order chi connectivity index (χ0) is 11.7. The maximum absolute atomic E-state index is 5.64. The number of aromatic nitrogens is 2. The Morgan fingerprint density at radius 1 is 1.31 bits per heavy atom. The van der Waals surface area contributed by atoms with Crippen LogP contribution < -0.4 is 5.73 Å². The van der Waals surface area contributed by atoms with E-state index in [2.05, 4.69) is 37.6 Å². The number of rotatable bonds is 2. The topological polar surface area (TPSA) is 43.8 Å². The average molecular weight is 280 g/mol. The van der Waals surface area contributed by atoms with Crippen molar-refractivity contribution in [3.63, 3.8) is 0 Å². The Hall–Kier alpha value is -1.13. The normalized spacial score (nSPS) is 10.8. The summed E-state index contributed by atoms with van der Waals surface area (Å²) < 4.78 is 3.13. The van der Waals surface area contributed by atoms with E-state index in [9.17, 15) is 0 Å². The van der Waals surface area contributed by atoms with Gasteiger partial charge < -0.3 is 10.3 Å². The van der Waals surface area contributed by atoms with Crippen LogP contribution in [-0.4, -0.2) is 9.55 Å². The minimum atomic E-state index is 0.466. The van der Waals surface area contributed by atoms with Gasteiger partial charge in [0, 0.05) is 17.1 Å². The summed E-state index contributed by atoms with van der Waals surface area (Å²) in [6, 6.07) is 8.22. The minimum absolute atomic E-state index is 0.466. The highest BCUT2D eigenvalue weighted by molar-refractivity contribution is 9.10.